The molecule has 0 unspecified atom stereocenters. The van der Waals surface area contributed by atoms with Crippen molar-refractivity contribution in [1.82, 2.24) is 10.1 Å². The average molecular weight is 166 g/mol. The summed E-state index contributed by atoms with van der Waals surface area (Å²) in [5, 5.41) is 3.46. The van der Waals surface area contributed by atoms with Crippen LogP contribution < -0.4 is 5.76 Å². The van der Waals surface area contributed by atoms with Crippen LogP contribution >= 0.6 is 0 Å². The molecule has 0 aromatic carbocycles. The van der Waals surface area contributed by atoms with Gasteiger partial charge >= 0.3 is 5.76 Å². The molecule has 0 saturated carbocycles. The van der Waals surface area contributed by atoms with Crippen molar-refractivity contribution < 1.29 is 8.94 Å². The Balaban J connectivity index is 2.50. The lowest BCUT2D eigenvalue weighted by Crippen LogP contribution is -1.94. The molecule has 0 amide bonds. The van der Waals surface area contributed by atoms with Crippen LogP contribution in [0.3, 0.4) is 0 Å². The van der Waals surface area contributed by atoms with Crippen LogP contribution in [0.2, 0.25) is 0 Å². The van der Waals surface area contributed by atoms with Crippen LogP contribution in [0.1, 0.15) is 5.76 Å². The molecular formula is C7H6N2O3. The second kappa shape index (κ2) is 2.37. The predicted octanol–water partition coefficient (Wildman–Crippen LogP) is 0.931. The van der Waals surface area contributed by atoms with E-state index >= 15 is 0 Å². The Bertz CT molecular complexity index is 437. The zero-order valence-corrected chi connectivity index (χ0v) is 6.33. The molecule has 2 aromatic rings. The summed E-state index contributed by atoms with van der Waals surface area (Å²) in [6.07, 6.45) is 0. The molecule has 0 saturated heterocycles. The van der Waals surface area contributed by atoms with E-state index in [-0.39, 0.29) is 0 Å². The van der Waals surface area contributed by atoms with Crippen LogP contribution in [-0.4, -0.2) is 10.1 Å². The molecule has 2 rings (SSSR count). The normalized spacial score (nSPS) is 10.4. The zero-order chi connectivity index (χ0) is 8.55. The van der Waals surface area contributed by atoms with Gasteiger partial charge < -0.3 is 4.42 Å². The summed E-state index contributed by atoms with van der Waals surface area (Å²) in [7, 11) is 0. The van der Waals surface area contributed by atoms with Gasteiger partial charge in [0.05, 0.1) is 0 Å². The molecule has 0 radical (unpaired) electrons. The van der Waals surface area contributed by atoms with E-state index in [0.29, 0.717) is 11.6 Å². The first-order valence-electron chi connectivity index (χ1n) is 3.38. The van der Waals surface area contributed by atoms with Gasteiger partial charge in [0.1, 0.15) is 5.76 Å². The molecule has 12 heavy (non-hydrogen) atoms. The van der Waals surface area contributed by atoms with Crippen molar-refractivity contribution in [2.75, 3.05) is 0 Å². The third-order valence-electron chi connectivity index (χ3n) is 1.41. The Morgan fingerprint density at radius 1 is 1.50 bits per heavy atom. The van der Waals surface area contributed by atoms with Crippen molar-refractivity contribution >= 4 is 0 Å². The fraction of sp³-hybridized carbons (Fsp3) is 0.143. The molecule has 0 aliphatic heterocycles. The number of hydrogen-bond acceptors (Lipinski definition) is 4. The van der Waals surface area contributed by atoms with Crippen molar-refractivity contribution in [2.45, 2.75) is 6.92 Å². The van der Waals surface area contributed by atoms with Gasteiger partial charge in [-0.1, -0.05) is 5.16 Å². The molecular weight excluding hydrogens is 160 g/mol. The maximum absolute atomic E-state index is 10.5. The highest BCUT2D eigenvalue weighted by Crippen LogP contribution is 2.15. The van der Waals surface area contributed by atoms with E-state index in [1.165, 1.54) is 0 Å². The van der Waals surface area contributed by atoms with Crippen molar-refractivity contribution in [3.05, 3.63) is 28.4 Å². The number of aromatic nitrogens is 2. The SMILES string of the molecule is Cc1ccc(-c2noc(=O)[nH]2)o1. The number of hydrogen-bond donors (Lipinski definition) is 1. The van der Waals surface area contributed by atoms with Gasteiger partial charge in [-0.25, -0.2) is 4.79 Å². The first kappa shape index (κ1) is 6.90. The minimum Gasteiger partial charge on any atom is -0.458 e. The first-order chi connectivity index (χ1) is 5.75. The van der Waals surface area contributed by atoms with E-state index in [0.717, 1.165) is 5.76 Å². The fourth-order valence-electron chi connectivity index (χ4n) is 0.898. The van der Waals surface area contributed by atoms with Gasteiger partial charge in [-0.2, -0.15) is 0 Å². The fourth-order valence-corrected chi connectivity index (χ4v) is 0.898. The number of rotatable bonds is 1. The van der Waals surface area contributed by atoms with Crippen LogP contribution in [0, 0.1) is 6.92 Å². The number of aromatic amines is 1. The molecule has 0 aliphatic rings. The first-order valence-corrected chi connectivity index (χ1v) is 3.38. The van der Waals surface area contributed by atoms with E-state index < -0.39 is 5.76 Å². The maximum Gasteiger partial charge on any atom is 0.439 e. The molecule has 5 nitrogen and oxygen atoms in total. The van der Waals surface area contributed by atoms with Gasteiger partial charge in [-0.15, -0.1) is 0 Å². The van der Waals surface area contributed by atoms with E-state index in [4.69, 9.17) is 4.42 Å². The van der Waals surface area contributed by atoms with E-state index in [9.17, 15) is 4.79 Å². The minimum atomic E-state index is -0.584. The summed E-state index contributed by atoms with van der Waals surface area (Å²) in [5.41, 5.74) is 0. The summed E-state index contributed by atoms with van der Waals surface area (Å²) in [4.78, 5) is 12.9. The van der Waals surface area contributed by atoms with E-state index in [2.05, 4.69) is 14.7 Å². The Hall–Kier alpha value is -1.78. The molecule has 1 N–H and O–H groups in total. The van der Waals surface area contributed by atoms with Gasteiger partial charge in [0.25, 0.3) is 0 Å². The number of furan rings is 1. The van der Waals surface area contributed by atoms with Crippen LogP contribution in [0.4, 0.5) is 0 Å². The standard InChI is InChI=1S/C7H6N2O3/c1-4-2-3-5(11-4)6-8-7(10)12-9-6/h2-3H,1H3,(H,8,9,10). The van der Waals surface area contributed by atoms with Crippen molar-refractivity contribution in [1.29, 1.82) is 0 Å². The van der Waals surface area contributed by atoms with Crippen molar-refractivity contribution in [2.24, 2.45) is 0 Å². The van der Waals surface area contributed by atoms with E-state index in [1.54, 1.807) is 12.1 Å². The molecule has 0 aliphatic carbocycles. The second-order valence-electron chi connectivity index (χ2n) is 2.35. The lowest BCUT2D eigenvalue weighted by atomic mass is 10.4. The summed E-state index contributed by atoms with van der Waals surface area (Å²) >= 11 is 0. The third kappa shape index (κ3) is 1.05. The van der Waals surface area contributed by atoms with Crippen LogP contribution in [-0.2, 0) is 0 Å². The summed E-state index contributed by atoms with van der Waals surface area (Å²) < 4.78 is 9.50. The van der Waals surface area contributed by atoms with Gasteiger partial charge in [0.2, 0.25) is 5.82 Å². The highest BCUT2D eigenvalue weighted by molar-refractivity contribution is 5.45. The minimum absolute atomic E-state index is 0.313. The molecule has 0 spiro atoms. The smallest absolute Gasteiger partial charge is 0.439 e. The lowest BCUT2D eigenvalue weighted by Gasteiger charge is -1.84. The molecule has 0 atom stereocenters. The maximum atomic E-state index is 10.5. The topological polar surface area (TPSA) is 72.0 Å². The van der Waals surface area contributed by atoms with Gasteiger partial charge in [-0.3, -0.25) is 9.51 Å². The average Bonchev–Trinajstić information content (AvgIpc) is 2.58. The molecule has 2 heterocycles. The zero-order valence-electron chi connectivity index (χ0n) is 6.33. The third-order valence-corrected chi connectivity index (χ3v) is 1.41. The molecule has 0 bridgehead atoms. The quantitative estimate of drug-likeness (QED) is 0.684. The predicted molar refractivity (Wildman–Crippen MR) is 39.6 cm³/mol. The Morgan fingerprint density at radius 3 is 2.83 bits per heavy atom. The van der Waals surface area contributed by atoms with Crippen LogP contribution in [0.25, 0.3) is 11.6 Å². The second-order valence-corrected chi connectivity index (χ2v) is 2.35. The number of aryl methyl sites for hydroxylation is 1. The Morgan fingerprint density at radius 2 is 2.33 bits per heavy atom. The van der Waals surface area contributed by atoms with Gasteiger partial charge in [0.15, 0.2) is 5.76 Å². The van der Waals surface area contributed by atoms with Gasteiger partial charge in [0, 0.05) is 0 Å². The number of nitrogens with zero attached hydrogens (tertiary/aromatic N) is 1. The van der Waals surface area contributed by atoms with Crippen LogP contribution in [0.15, 0.2) is 25.9 Å². The van der Waals surface area contributed by atoms with Gasteiger partial charge in [-0.05, 0) is 19.1 Å². The monoisotopic (exact) mass is 166 g/mol. The van der Waals surface area contributed by atoms with Crippen LogP contribution in [0.5, 0.6) is 0 Å². The highest BCUT2D eigenvalue weighted by atomic mass is 16.5. The molecule has 5 heteroatoms. The van der Waals surface area contributed by atoms with E-state index in [1.807, 2.05) is 6.92 Å². The number of H-pyrrole nitrogens is 1. The van der Waals surface area contributed by atoms with Crippen molar-refractivity contribution in [3.63, 3.8) is 0 Å². The number of nitrogens with one attached hydrogen (secondary N) is 1. The Labute approximate surface area is 67.0 Å². The summed E-state index contributed by atoms with van der Waals surface area (Å²) in [6, 6.07) is 3.49. The largest absolute Gasteiger partial charge is 0.458 e. The molecule has 0 fully saturated rings. The van der Waals surface area contributed by atoms with Crippen molar-refractivity contribution in [3.8, 4) is 11.6 Å². The summed E-state index contributed by atoms with van der Waals surface area (Å²) in [5.74, 6) is 0.986. The molecule has 62 valence electrons. The summed E-state index contributed by atoms with van der Waals surface area (Å²) in [6.45, 7) is 1.81. The Kier molecular flexibility index (Phi) is 1.36. The highest BCUT2D eigenvalue weighted by Gasteiger charge is 2.06. The lowest BCUT2D eigenvalue weighted by molar-refractivity contribution is 0.386. The molecule has 2 aromatic heterocycles.